The van der Waals surface area contributed by atoms with Gasteiger partial charge in [0.2, 0.25) is 5.28 Å². The first-order valence-corrected chi connectivity index (χ1v) is 8.68. The van der Waals surface area contributed by atoms with Gasteiger partial charge >= 0.3 is 12.1 Å². The highest BCUT2D eigenvalue weighted by molar-refractivity contribution is 6.28. The number of piperidine rings is 1. The van der Waals surface area contributed by atoms with Gasteiger partial charge in [-0.3, -0.25) is 4.79 Å². The number of nitrogens with zero attached hydrogens (tertiary/aromatic N) is 3. The molecule has 1 saturated carbocycles. The van der Waals surface area contributed by atoms with Crippen molar-refractivity contribution in [2.24, 2.45) is 17.8 Å². The van der Waals surface area contributed by atoms with E-state index in [1.54, 1.807) is 6.92 Å². The molecule has 1 saturated heterocycles. The summed E-state index contributed by atoms with van der Waals surface area (Å²) in [5.74, 6) is 0.688. The van der Waals surface area contributed by atoms with E-state index in [0.29, 0.717) is 26.1 Å². The SMILES string of the molecule is CCOC(=O)CC1C2CCC1CN(c1cc(C(F)(F)F)nc(Cl)n1)C2. The molecule has 2 atom stereocenters. The van der Waals surface area contributed by atoms with E-state index in [1.807, 2.05) is 4.90 Å². The topological polar surface area (TPSA) is 55.3 Å². The molecule has 2 unspecified atom stereocenters. The van der Waals surface area contributed by atoms with Crippen molar-refractivity contribution in [3.63, 3.8) is 0 Å². The molecule has 1 aromatic heterocycles. The molecule has 5 nitrogen and oxygen atoms in total. The molecule has 0 N–H and O–H groups in total. The maximum atomic E-state index is 12.9. The lowest BCUT2D eigenvalue weighted by atomic mass is 9.82. The Bertz CT molecular complexity index is 642. The van der Waals surface area contributed by atoms with Gasteiger partial charge in [-0.15, -0.1) is 0 Å². The van der Waals surface area contributed by atoms with Crippen LogP contribution in [0.4, 0.5) is 19.0 Å². The van der Waals surface area contributed by atoms with E-state index in [4.69, 9.17) is 16.3 Å². The van der Waals surface area contributed by atoms with Gasteiger partial charge in [0.15, 0.2) is 5.69 Å². The van der Waals surface area contributed by atoms with E-state index in [-0.39, 0.29) is 29.5 Å². The van der Waals surface area contributed by atoms with Crippen LogP contribution in [0, 0.1) is 17.8 Å². The van der Waals surface area contributed by atoms with Gasteiger partial charge in [-0.1, -0.05) is 0 Å². The van der Waals surface area contributed by atoms with Crippen LogP contribution in [0.3, 0.4) is 0 Å². The Kier molecular flexibility index (Phi) is 5.09. The summed E-state index contributed by atoms with van der Waals surface area (Å²) in [5.41, 5.74) is -1.04. The van der Waals surface area contributed by atoms with Crippen molar-refractivity contribution in [3.05, 3.63) is 17.0 Å². The van der Waals surface area contributed by atoms with Gasteiger partial charge in [0.25, 0.3) is 0 Å². The molecule has 3 rings (SSSR count). The number of hydrogen-bond donors (Lipinski definition) is 0. The zero-order valence-corrected chi connectivity index (χ0v) is 14.5. The first-order valence-electron chi connectivity index (χ1n) is 8.30. The number of esters is 1. The second-order valence-electron chi connectivity index (χ2n) is 6.55. The standard InChI is InChI=1S/C16H19ClF3N3O2/c1-2-25-14(24)5-11-9-3-4-10(11)8-23(7-9)13-6-12(16(18,19)20)21-15(17)22-13/h6,9-11H,2-5,7-8H2,1H3. The molecule has 0 spiro atoms. The fourth-order valence-electron chi connectivity index (χ4n) is 3.98. The molecular formula is C16H19ClF3N3O2. The number of hydrogen-bond acceptors (Lipinski definition) is 5. The van der Waals surface area contributed by atoms with Crippen LogP contribution in [0.15, 0.2) is 6.07 Å². The molecule has 0 aromatic carbocycles. The summed E-state index contributed by atoms with van der Waals surface area (Å²) in [5, 5.41) is -0.411. The zero-order valence-electron chi connectivity index (χ0n) is 13.7. The quantitative estimate of drug-likeness (QED) is 0.593. The predicted molar refractivity (Wildman–Crippen MR) is 85.2 cm³/mol. The van der Waals surface area contributed by atoms with Crippen LogP contribution in [0.1, 0.15) is 31.9 Å². The molecule has 0 radical (unpaired) electrons. The molecule has 2 heterocycles. The number of aromatic nitrogens is 2. The molecule has 1 aromatic rings. The van der Waals surface area contributed by atoms with Crippen molar-refractivity contribution in [2.75, 3.05) is 24.6 Å². The second-order valence-corrected chi connectivity index (χ2v) is 6.89. The number of rotatable bonds is 4. The lowest BCUT2D eigenvalue weighted by Crippen LogP contribution is -2.43. The highest BCUT2D eigenvalue weighted by atomic mass is 35.5. The smallest absolute Gasteiger partial charge is 0.433 e. The third-order valence-corrected chi connectivity index (χ3v) is 5.21. The largest absolute Gasteiger partial charge is 0.466 e. The van der Waals surface area contributed by atoms with Crippen molar-refractivity contribution >= 4 is 23.4 Å². The van der Waals surface area contributed by atoms with Gasteiger partial charge in [0.1, 0.15) is 5.82 Å². The van der Waals surface area contributed by atoms with E-state index in [2.05, 4.69) is 9.97 Å². The molecule has 2 aliphatic rings. The third kappa shape index (κ3) is 3.99. The number of fused-ring (bicyclic) bond motifs is 2. The van der Waals surface area contributed by atoms with Crippen LogP contribution in [0.5, 0.6) is 0 Å². The Hall–Kier alpha value is -1.57. The summed E-state index contributed by atoms with van der Waals surface area (Å²) in [6, 6.07) is 0.941. The maximum absolute atomic E-state index is 12.9. The van der Waals surface area contributed by atoms with E-state index in [0.717, 1.165) is 18.9 Å². The molecule has 25 heavy (non-hydrogen) atoms. The highest BCUT2D eigenvalue weighted by Gasteiger charge is 2.44. The van der Waals surface area contributed by atoms with Crippen LogP contribution in [0.25, 0.3) is 0 Å². The van der Waals surface area contributed by atoms with Crippen molar-refractivity contribution in [1.82, 2.24) is 9.97 Å². The first-order chi connectivity index (χ1) is 11.8. The van der Waals surface area contributed by atoms with Crippen LogP contribution >= 0.6 is 11.6 Å². The van der Waals surface area contributed by atoms with Crippen molar-refractivity contribution < 1.29 is 22.7 Å². The van der Waals surface area contributed by atoms with Crippen LogP contribution < -0.4 is 4.90 Å². The summed E-state index contributed by atoms with van der Waals surface area (Å²) in [6.07, 6.45) is -2.29. The number of carbonyl (C=O) groups excluding carboxylic acids is 1. The number of halogens is 4. The Morgan fingerprint density at radius 2 is 1.96 bits per heavy atom. The predicted octanol–water partition coefficient (Wildman–Crippen LogP) is 3.56. The Labute approximate surface area is 148 Å². The van der Waals surface area contributed by atoms with Gasteiger partial charge in [0.05, 0.1) is 6.61 Å². The number of anilines is 1. The van der Waals surface area contributed by atoms with E-state index in [9.17, 15) is 18.0 Å². The summed E-state index contributed by atoms with van der Waals surface area (Å²) in [7, 11) is 0. The van der Waals surface area contributed by atoms with Gasteiger partial charge in [-0.2, -0.15) is 13.2 Å². The molecule has 0 amide bonds. The van der Waals surface area contributed by atoms with E-state index < -0.39 is 17.2 Å². The molecule has 1 aliphatic heterocycles. The average molecular weight is 378 g/mol. The van der Waals surface area contributed by atoms with Crippen molar-refractivity contribution in [1.29, 1.82) is 0 Å². The summed E-state index contributed by atoms with van der Waals surface area (Å²) >= 11 is 5.69. The minimum atomic E-state index is -4.57. The van der Waals surface area contributed by atoms with Gasteiger partial charge < -0.3 is 9.64 Å². The molecule has 138 valence electrons. The third-order valence-electron chi connectivity index (χ3n) is 5.04. The lowest BCUT2D eigenvalue weighted by Gasteiger charge is -2.38. The molecule has 1 aliphatic carbocycles. The number of ether oxygens (including phenoxy) is 1. The van der Waals surface area contributed by atoms with Crippen molar-refractivity contribution in [2.45, 2.75) is 32.4 Å². The normalized spacial score (nSPS) is 26.0. The Morgan fingerprint density at radius 1 is 1.32 bits per heavy atom. The Balaban J connectivity index is 1.75. The molecule has 2 bridgehead atoms. The first kappa shape index (κ1) is 18.2. The van der Waals surface area contributed by atoms with Crippen LogP contribution in [0.2, 0.25) is 5.28 Å². The number of alkyl halides is 3. The molecule has 2 fully saturated rings. The van der Waals surface area contributed by atoms with Gasteiger partial charge in [0, 0.05) is 25.6 Å². The molecular weight excluding hydrogens is 359 g/mol. The van der Waals surface area contributed by atoms with Crippen LogP contribution in [-0.4, -0.2) is 35.6 Å². The minimum absolute atomic E-state index is 0.193. The summed E-state index contributed by atoms with van der Waals surface area (Å²) < 4.78 is 43.9. The fraction of sp³-hybridized carbons (Fsp3) is 0.688. The fourth-order valence-corrected chi connectivity index (χ4v) is 4.16. The van der Waals surface area contributed by atoms with Gasteiger partial charge in [-0.05, 0) is 49.1 Å². The average Bonchev–Trinajstić information content (AvgIpc) is 2.76. The Morgan fingerprint density at radius 3 is 2.52 bits per heavy atom. The lowest BCUT2D eigenvalue weighted by molar-refractivity contribution is -0.145. The second kappa shape index (κ2) is 6.97. The maximum Gasteiger partial charge on any atom is 0.433 e. The highest BCUT2D eigenvalue weighted by Crippen LogP contribution is 2.45. The van der Waals surface area contributed by atoms with Crippen molar-refractivity contribution in [3.8, 4) is 0 Å². The minimum Gasteiger partial charge on any atom is -0.466 e. The number of carbonyl (C=O) groups is 1. The zero-order chi connectivity index (χ0) is 18.2. The van der Waals surface area contributed by atoms with E-state index >= 15 is 0 Å². The molecule has 9 heteroatoms. The monoisotopic (exact) mass is 377 g/mol. The summed E-state index contributed by atoms with van der Waals surface area (Å²) in [4.78, 5) is 20.9. The van der Waals surface area contributed by atoms with Gasteiger partial charge in [-0.25, -0.2) is 9.97 Å². The van der Waals surface area contributed by atoms with Crippen LogP contribution in [-0.2, 0) is 15.7 Å². The van der Waals surface area contributed by atoms with E-state index in [1.165, 1.54) is 0 Å². The summed E-state index contributed by atoms with van der Waals surface area (Å²) in [6.45, 7) is 3.25.